The third-order valence-electron chi connectivity index (χ3n) is 3.35. The maximum Gasteiger partial charge on any atom is 0.147 e. The summed E-state index contributed by atoms with van der Waals surface area (Å²) in [5, 5.41) is 4.17. The molecule has 4 nitrogen and oxygen atoms in total. The van der Waals surface area contributed by atoms with Crippen molar-refractivity contribution >= 4 is 34.8 Å². The van der Waals surface area contributed by atoms with Gasteiger partial charge in [-0.25, -0.2) is 4.98 Å². The molecule has 1 aliphatic rings. The van der Waals surface area contributed by atoms with E-state index in [0.29, 0.717) is 27.6 Å². The van der Waals surface area contributed by atoms with E-state index in [0.717, 1.165) is 19.6 Å². The molecule has 0 saturated carbocycles. The van der Waals surface area contributed by atoms with E-state index >= 15 is 0 Å². The van der Waals surface area contributed by atoms with E-state index in [1.165, 1.54) is 12.8 Å². The summed E-state index contributed by atoms with van der Waals surface area (Å²) in [7, 11) is 2.15. The Morgan fingerprint density at radius 3 is 2.72 bits per heavy atom. The van der Waals surface area contributed by atoms with Crippen molar-refractivity contribution < 1.29 is 0 Å². The second kappa shape index (κ2) is 5.95. The number of rotatable bonds is 3. The van der Waals surface area contributed by atoms with Crippen LogP contribution in [0.25, 0.3) is 0 Å². The Kier molecular flexibility index (Phi) is 4.54. The summed E-state index contributed by atoms with van der Waals surface area (Å²) >= 11 is 11.9. The molecule has 2 rings (SSSR count). The van der Waals surface area contributed by atoms with E-state index < -0.39 is 0 Å². The van der Waals surface area contributed by atoms with Gasteiger partial charge in [-0.15, -0.1) is 0 Å². The van der Waals surface area contributed by atoms with Crippen LogP contribution < -0.4 is 11.1 Å². The van der Waals surface area contributed by atoms with Crippen molar-refractivity contribution in [2.75, 3.05) is 37.7 Å². The normalized spacial score (nSPS) is 17.9. The van der Waals surface area contributed by atoms with Crippen LogP contribution in [-0.4, -0.2) is 36.6 Å². The Hall–Kier alpha value is -0.710. The van der Waals surface area contributed by atoms with Crippen LogP contribution in [0.1, 0.15) is 12.8 Å². The fraction of sp³-hybridized carbons (Fsp3) is 0.583. The Morgan fingerprint density at radius 1 is 1.39 bits per heavy atom. The molecule has 0 aliphatic carbocycles. The van der Waals surface area contributed by atoms with Crippen LogP contribution in [-0.2, 0) is 0 Å². The summed E-state index contributed by atoms with van der Waals surface area (Å²) in [6.45, 7) is 3.17. The van der Waals surface area contributed by atoms with Gasteiger partial charge >= 0.3 is 0 Å². The van der Waals surface area contributed by atoms with E-state index in [1.54, 1.807) is 6.07 Å². The highest BCUT2D eigenvalue weighted by Gasteiger charge is 2.17. The van der Waals surface area contributed by atoms with Gasteiger partial charge in [0.25, 0.3) is 0 Å². The SMILES string of the molecule is CN1CCC(CNc2nc(N)c(Cl)cc2Cl)CC1. The molecule has 1 aromatic heterocycles. The highest BCUT2D eigenvalue weighted by atomic mass is 35.5. The largest absolute Gasteiger partial charge is 0.382 e. The quantitative estimate of drug-likeness (QED) is 0.898. The van der Waals surface area contributed by atoms with Crippen LogP contribution in [0.5, 0.6) is 0 Å². The number of nitrogens with two attached hydrogens (primary N) is 1. The molecule has 100 valence electrons. The number of aromatic nitrogens is 1. The molecular formula is C12H18Cl2N4. The van der Waals surface area contributed by atoms with E-state index in [2.05, 4.69) is 22.2 Å². The summed E-state index contributed by atoms with van der Waals surface area (Å²) < 4.78 is 0. The van der Waals surface area contributed by atoms with Gasteiger partial charge < -0.3 is 16.0 Å². The first-order chi connectivity index (χ1) is 8.56. The molecule has 0 unspecified atom stereocenters. The minimum absolute atomic E-state index is 0.312. The Morgan fingerprint density at radius 2 is 2.06 bits per heavy atom. The first-order valence-corrected chi connectivity index (χ1v) is 6.86. The molecule has 0 radical (unpaired) electrons. The number of likely N-dealkylation sites (tertiary alicyclic amines) is 1. The van der Waals surface area contributed by atoms with Crippen LogP contribution in [0.3, 0.4) is 0 Å². The summed E-state index contributed by atoms with van der Waals surface area (Å²) in [6, 6.07) is 1.63. The van der Waals surface area contributed by atoms with Crippen molar-refractivity contribution in [2.45, 2.75) is 12.8 Å². The zero-order valence-electron chi connectivity index (χ0n) is 10.4. The van der Waals surface area contributed by atoms with Crippen LogP contribution in [0.2, 0.25) is 10.0 Å². The van der Waals surface area contributed by atoms with Crippen molar-refractivity contribution in [1.82, 2.24) is 9.88 Å². The van der Waals surface area contributed by atoms with Crippen molar-refractivity contribution in [3.63, 3.8) is 0 Å². The monoisotopic (exact) mass is 288 g/mol. The molecule has 0 aromatic carbocycles. The molecule has 0 bridgehead atoms. The number of hydrogen-bond donors (Lipinski definition) is 2. The Balaban J connectivity index is 1.92. The van der Waals surface area contributed by atoms with E-state index in [1.807, 2.05) is 0 Å². The van der Waals surface area contributed by atoms with E-state index in [9.17, 15) is 0 Å². The fourth-order valence-corrected chi connectivity index (χ4v) is 2.54. The molecule has 18 heavy (non-hydrogen) atoms. The Labute approximate surface area is 117 Å². The molecule has 1 fully saturated rings. The Bertz CT molecular complexity index is 417. The van der Waals surface area contributed by atoms with Gasteiger partial charge in [0.1, 0.15) is 11.6 Å². The van der Waals surface area contributed by atoms with Crippen LogP contribution >= 0.6 is 23.2 Å². The lowest BCUT2D eigenvalue weighted by atomic mass is 9.97. The first-order valence-electron chi connectivity index (χ1n) is 6.10. The van der Waals surface area contributed by atoms with Gasteiger partial charge in [-0.3, -0.25) is 0 Å². The van der Waals surface area contributed by atoms with Crippen molar-refractivity contribution in [2.24, 2.45) is 5.92 Å². The van der Waals surface area contributed by atoms with E-state index in [4.69, 9.17) is 28.9 Å². The molecule has 1 aliphatic heterocycles. The molecule has 0 atom stereocenters. The molecule has 2 heterocycles. The van der Waals surface area contributed by atoms with Crippen LogP contribution in [0.4, 0.5) is 11.6 Å². The number of pyridine rings is 1. The van der Waals surface area contributed by atoms with Gasteiger partial charge in [-0.05, 0) is 45.0 Å². The molecule has 1 saturated heterocycles. The minimum Gasteiger partial charge on any atom is -0.382 e. The predicted molar refractivity (Wildman–Crippen MR) is 77.4 cm³/mol. The predicted octanol–water partition coefficient (Wildman–Crippen LogP) is 2.72. The van der Waals surface area contributed by atoms with Crippen LogP contribution in [0, 0.1) is 5.92 Å². The maximum atomic E-state index is 6.07. The molecule has 0 amide bonds. The number of nitrogen functional groups attached to an aromatic ring is 1. The van der Waals surface area contributed by atoms with Gasteiger partial charge in [-0.2, -0.15) is 0 Å². The van der Waals surface area contributed by atoms with Gasteiger partial charge in [0.15, 0.2) is 0 Å². The highest BCUT2D eigenvalue weighted by Crippen LogP contribution is 2.28. The zero-order valence-corrected chi connectivity index (χ0v) is 11.9. The molecule has 0 spiro atoms. The molecule has 1 aromatic rings. The van der Waals surface area contributed by atoms with Gasteiger partial charge in [0.2, 0.25) is 0 Å². The van der Waals surface area contributed by atoms with Crippen molar-refractivity contribution in [3.8, 4) is 0 Å². The summed E-state index contributed by atoms with van der Waals surface area (Å²) in [5.74, 6) is 1.60. The maximum absolute atomic E-state index is 6.07. The molecule has 6 heteroatoms. The smallest absolute Gasteiger partial charge is 0.147 e. The van der Waals surface area contributed by atoms with Crippen molar-refractivity contribution in [3.05, 3.63) is 16.1 Å². The third kappa shape index (κ3) is 3.40. The molecule has 3 N–H and O–H groups in total. The molecular weight excluding hydrogens is 271 g/mol. The third-order valence-corrected chi connectivity index (χ3v) is 3.94. The summed E-state index contributed by atoms with van der Waals surface area (Å²) in [4.78, 5) is 6.51. The number of halogens is 2. The second-order valence-electron chi connectivity index (χ2n) is 4.81. The number of nitrogens with zero attached hydrogens (tertiary/aromatic N) is 2. The first kappa shape index (κ1) is 13.7. The standard InChI is InChI=1S/C12H18Cl2N4/c1-18-4-2-8(3-5-18)7-16-12-10(14)6-9(13)11(15)17-12/h6,8H,2-5,7H2,1H3,(H3,15,16,17). The van der Waals surface area contributed by atoms with Crippen molar-refractivity contribution in [1.29, 1.82) is 0 Å². The number of hydrogen-bond acceptors (Lipinski definition) is 4. The summed E-state index contributed by atoms with van der Waals surface area (Å²) in [5.41, 5.74) is 5.67. The lowest BCUT2D eigenvalue weighted by Crippen LogP contribution is -2.33. The highest BCUT2D eigenvalue weighted by molar-refractivity contribution is 6.37. The zero-order chi connectivity index (χ0) is 13.1. The number of piperidine rings is 1. The van der Waals surface area contributed by atoms with E-state index in [-0.39, 0.29) is 0 Å². The lowest BCUT2D eigenvalue weighted by molar-refractivity contribution is 0.226. The van der Waals surface area contributed by atoms with Crippen LogP contribution in [0.15, 0.2) is 6.07 Å². The number of anilines is 2. The lowest BCUT2D eigenvalue weighted by Gasteiger charge is -2.29. The number of nitrogens with one attached hydrogen (secondary N) is 1. The van der Waals surface area contributed by atoms with Gasteiger partial charge in [-0.1, -0.05) is 23.2 Å². The fourth-order valence-electron chi connectivity index (χ4n) is 2.11. The second-order valence-corrected chi connectivity index (χ2v) is 5.63. The van der Waals surface area contributed by atoms with Gasteiger partial charge in [0, 0.05) is 6.54 Å². The summed E-state index contributed by atoms with van der Waals surface area (Å²) in [6.07, 6.45) is 2.40. The topological polar surface area (TPSA) is 54.2 Å². The van der Waals surface area contributed by atoms with Gasteiger partial charge in [0.05, 0.1) is 10.0 Å². The average Bonchev–Trinajstić information content (AvgIpc) is 2.34. The average molecular weight is 289 g/mol. The minimum atomic E-state index is 0.312.